The summed E-state index contributed by atoms with van der Waals surface area (Å²) in [7, 11) is 1.54. The van der Waals surface area contributed by atoms with Crippen molar-refractivity contribution < 1.29 is 14.6 Å². The number of carbonyl (C=O) groups is 1. The Labute approximate surface area is 117 Å². The molecule has 19 heavy (non-hydrogen) atoms. The number of hydrogen-bond acceptors (Lipinski definition) is 4. The van der Waals surface area contributed by atoms with Crippen LogP contribution in [0.3, 0.4) is 0 Å². The third kappa shape index (κ3) is 3.83. The van der Waals surface area contributed by atoms with Gasteiger partial charge in [-0.15, -0.1) is 0 Å². The first-order valence-corrected chi connectivity index (χ1v) is 6.50. The summed E-state index contributed by atoms with van der Waals surface area (Å²) in [4.78, 5) is 13.8. The van der Waals surface area contributed by atoms with Crippen LogP contribution in [-0.4, -0.2) is 48.8 Å². The second-order valence-electron chi connectivity index (χ2n) is 4.58. The predicted molar refractivity (Wildman–Crippen MR) is 73.7 cm³/mol. The van der Waals surface area contributed by atoms with Crippen molar-refractivity contribution in [3.63, 3.8) is 0 Å². The minimum absolute atomic E-state index is 0.115. The number of aliphatic hydroxyl groups is 1. The molecule has 1 saturated heterocycles. The van der Waals surface area contributed by atoms with E-state index in [-0.39, 0.29) is 18.6 Å². The molecule has 0 saturated carbocycles. The summed E-state index contributed by atoms with van der Waals surface area (Å²) >= 11 is 5.98. The van der Waals surface area contributed by atoms with Crippen molar-refractivity contribution in [1.82, 2.24) is 4.90 Å². The number of methoxy groups -OCH3 is 1. The first-order valence-electron chi connectivity index (χ1n) is 6.12. The number of amides is 1. The number of halogens is 1. The Kier molecular flexibility index (Phi) is 4.63. The van der Waals surface area contributed by atoms with Gasteiger partial charge in [-0.05, 0) is 24.6 Å². The Morgan fingerprint density at radius 3 is 3.00 bits per heavy atom. The van der Waals surface area contributed by atoms with Gasteiger partial charge in [0.2, 0.25) is 5.91 Å². The zero-order chi connectivity index (χ0) is 13.8. The van der Waals surface area contributed by atoms with Crippen molar-refractivity contribution in [3.05, 3.63) is 23.2 Å². The molecule has 1 unspecified atom stereocenters. The van der Waals surface area contributed by atoms with Gasteiger partial charge in [-0.25, -0.2) is 0 Å². The molecule has 1 amide bonds. The second-order valence-corrected chi connectivity index (χ2v) is 4.98. The third-order valence-electron chi connectivity index (χ3n) is 3.05. The maximum atomic E-state index is 11.8. The summed E-state index contributed by atoms with van der Waals surface area (Å²) in [6.07, 6.45) is 0.407. The van der Waals surface area contributed by atoms with Crippen LogP contribution in [0, 0.1) is 0 Å². The molecule has 1 aliphatic rings. The van der Waals surface area contributed by atoms with Crippen LogP contribution >= 0.6 is 11.6 Å². The summed E-state index contributed by atoms with van der Waals surface area (Å²) in [5.41, 5.74) is 0.635. The van der Waals surface area contributed by atoms with Crippen molar-refractivity contribution >= 4 is 23.2 Å². The van der Waals surface area contributed by atoms with Crippen molar-refractivity contribution in [2.45, 2.75) is 12.5 Å². The van der Waals surface area contributed by atoms with Gasteiger partial charge < -0.3 is 15.2 Å². The number of ether oxygens (including phenoxy) is 1. The van der Waals surface area contributed by atoms with Crippen LogP contribution in [0.2, 0.25) is 5.02 Å². The molecule has 0 spiro atoms. The lowest BCUT2D eigenvalue weighted by Gasteiger charge is -2.14. The lowest BCUT2D eigenvalue weighted by atomic mass is 10.3. The third-order valence-corrected chi connectivity index (χ3v) is 3.35. The fourth-order valence-electron chi connectivity index (χ4n) is 2.10. The van der Waals surface area contributed by atoms with Gasteiger partial charge in [-0.3, -0.25) is 9.69 Å². The lowest BCUT2D eigenvalue weighted by Crippen LogP contribution is -2.32. The number of β-amino-alcohol motifs (C(OH)–C–C–N with tert-alkyl or cyclic N) is 1. The van der Waals surface area contributed by atoms with Crippen LogP contribution in [0.25, 0.3) is 0 Å². The van der Waals surface area contributed by atoms with E-state index < -0.39 is 0 Å². The van der Waals surface area contributed by atoms with E-state index >= 15 is 0 Å². The van der Waals surface area contributed by atoms with Crippen LogP contribution in [0.1, 0.15) is 6.42 Å². The van der Waals surface area contributed by atoms with E-state index in [2.05, 4.69) is 5.32 Å². The highest BCUT2D eigenvalue weighted by Gasteiger charge is 2.21. The van der Waals surface area contributed by atoms with Crippen LogP contribution in [-0.2, 0) is 4.79 Å². The topological polar surface area (TPSA) is 61.8 Å². The first kappa shape index (κ1) is 14.1. The van der Waals surface area contributed by atoms with E-state index in [1.54, 1.807) is 18.2 Å². The molecule has 0 aliphatic carbocycles. The van der Waals surface area contributed by atoms with Crippen LogP contribution < -0.4 is 10.1 Å². The molecule has 0 bridgehead atoms. The van der Waals surface area contributed by atoms with E-state index in [1.165, 1.54) is 7.11 Å². The molecular formula is C13H17ClN2O3. The number of anilines is 1. The Bertz CT molecular complexity index is 467. The SMILES string of the molecule is COc1ccc(NC(=O)CN2CCC(O)C2)cc1Cl. The number of nitrogens with one attached hydrogen (secondary N) is 1. The van der Waals surface area contributed by atoms with E-state index in [1.807, 2.05) is 4.90 Å². The van der Waals surface area contributed by atoms with E-state index in [0.717, 1.165) is 13.0 Å². The zero-order valence-electron chi connectivity index (χ0n) is 10.7. The van der Waals surface area contributed by atoms with Gasteiger partial charge in [0.1, 0.15) is 5.75 Å². The fourth-order valence-corrected chi connectivity index (χ4v) is 2.36. The number of carbonyl (C=O) groups excluding carboxylic acids is 1. The standard InChI is InChI=1S/C13H17ClN2O3/c1-19-12-3-2-9(6-11(12)14)15-13(18)8-16-5-4-10(17)7-16/h2-3,6,10,17H,4-5,7-8H2,1H3,(H,15,18). The second kappa shape index (κ2) is 6.23. The minimum Gasteiger partial charge on any atom is -0.495 e. The molecular weight excluding hydrogens is 268 g/mol. The van der Waals surface area contributed by atoms with Gasteiger partial charge in [0.15, 0.2) is 0 Å². The van der Waals surface area contributed by atoms with Gasteiger partial charge in [0, 0.05) is 18.8 Å². The maximum absolute atomic E-state index is 11.8. The normalized spacial score (nSPS) is 19.4. The maximum Gasteiger partial charge on any atom is 0.238 e. The Hall–Kier alpha value is -1.30. The number of nitrogens with zero attached hydrogens (tertiary/aromatic N) is 1. The van der Waals surface area contributed by atoms with Crippen LogP contribution in [0.5, 0.6) is 5.75 Å². The van der Waals surface area contributed by atoms with E-state index in [9.17, 15) is 9.90 Å². The van der Waals surface area contributed by atoms with Gasteiger partial charge in [0.05, 0.1) is 24.8 Å². The van der Waals surface area contributed by atoms with Crippen LogP contribution in [0.4, 0.5) is 5.69 Å². The Balaban J connectivity index is 1.90. The number of hydrogen-bond donors (Lipinski definition) is 2. The van der Waals surface area contributed by atoms with Gasteiger partial charge in [-0.2, -0.15) is 0 Å². The molecule has 104 valence electrons. The molecule has 1 aliphatic heterocycles. The highest BCUT2D eigenvalue weighted by molar-refractivity contribution is 6.32. The molecule has 6 heteroatoms. The number of aliphatic hydroxyl groups excluding tert-OH is 1. The molecule has 1 aromatic carbocycles. The molecule has 1 fully saturated rings. The Morgan fingerprint density at radius 1 is 1.63 bits per heavy atom. The number of likely N-dealkylation sites (tertiary alicyclic amines) is 1. The smallest absolute Gasteiger partial charge is 0.238 e. The first-order chi connectivity index (χ1) is 9.08. The summed E-state index contributed by atoms with van der Waals surface area (Å²) in [6.45, 7) is 1.58. The number of rotatable bonds is 4. The highest BCUT2D eigenvalue weighted by Crippen LogP contribution is 2.27. The molecule has 0 aromatic heterocycles. The summed E-state index contributed by atoms with van der Waals surface area (Å²) < 4.78 is 5.04. The zero-order valence-corrected chi connectivity index (χ0v) is 11.5. The van der Waals surface area contributed by atoms with Crippen molar-refractivity contribution in [2.75, 3.05) is 32.1 Å². The quantitative estimate of drug-likeness (QED) is 0.876. The van der Waals surface area contributed by atoms with Crippen LogP contribution in [0.15, 0.2) is 18.2 Å². The molecule has 1 heterocycles. The average molecular weight is 285 g/mol. The van der Waals surface area contributed by atoms with E-state index in [0.29, 0.717) is 23.0 Å². The van der Waals surface area contributed by atoms with Gasteiger partial charge >= 0.3 is 0 Å². The van der Waals surface area contributed by atoms with Gasteiger partial charge in [0.25, 0.3) is 0 Å². The Morgan fingerprint density at radius 2 is 2.42 bits per heavy atom. The molecule has 2 N–H and O–H groups in total. The molecule has 2 rings (SSSR count). The lowest BCUT2D eigenvalue weighted by molar-refractivity contribution is -0.117. The fraction of sp³-hybridized carbons (Fsp3) is 0.462. The largest absolute Gasteiger partial charge is 0.495 e. The molecule has 1 aromatic rings. The molecule has 1 atom stereocenters. The molecule has 0 radical (unpaired) electrons. The summed E-state index contributed by atoms with van der Waals surface area (Å²) in [5.74, 6) is 0.456. The van der Waals surface area contributed by atoms with Crippen molar-refractivity contribution in [2.24, 2.45) is 0 Å². The van der Waals surface area contributed by atoms with Crippen molar-refractivity contribution in [3.8, 4) is 5.75 Å². The number of benzene rings is 1. The van der Waals surface area contributed by atoms with E-state index in [4.69, 9.17) is 16.3 Å². The highest BCUT2D eigenvalue weighted by atomic mass is 35.5. The summed E-state index contributed by atoms with van der Waals surface area (Å²) in [6, 6.07) is 5.09. The predicted octanol–water partition coefficient (Wildman–Crippen LogP) is 1.35. The van der Waals surface area contributed by atoms with Gasteiger partial charge in [-0.1, -0.05) is 11.6 Å². The van der Waals surface area contributed by atoms with Crippen molar-refractivity contribution in [1.29, 1.82) is 0 Å². The summed E-state index contributed by atoms with van der Waals surface area (Å²) in [5, 5.41) is 12.6. The monoisotopic (exact) mass is 284 g/mol. The molecule has 5 nitrogen and oxygen atoms in total. The minimum atomic E-state index is -0.316. The average Bonchev–Trinajstić information content (AvgIpc) is 2.74.